The third kappa shape index (κ3) is 4.43. The summed E-state index contributed by atoms with van der Waals surface area (Å²) in [5.74, 6) is -0.262. The third-order valence-corrected chi connectivity index (χ3v) is 3.53. The second-order valence-electron chi connectivity index (χ2n) is 5.12. The highest BCUT2D eigenvalue weighted by atomic mass is 35.5. The molecule has 0 saturated heterocycles. The van der Waals surface area contributed by atoms with Gasteiger partial charge in [0.1, 0.15) is 6.04 Å². The fourth-order valence-electron chi connectivity index (χ4n) is 1.99. The first-order valence-electron chi connectivity index (χ1n) is 6.95. The number of nitro benzene ring substituents is 1. The van der Waals surface area contributed by atoms with Crippen molar-refractivity contribution in [2.24, 2.45) is 0 Å². The second-order valence-corrected chi connectivity index (χ2v) is 5.56. The highest BCUT2D eigenvalue weighted by Crippen LogP contribution is 2.21. The van der Waals surface area contributed by atoms with Crippen LogP contribution in [0.2, 0.25) is 5.02 Å². The van der Waals surface area contributed by atoms with Crippen LogP contribution in [0.3, 0.4) is 0 Å². The Morgan fingerprint density at radius 3 is 2.70 bits per heavy atom. The van der Waals surface area contributed by atoms with Crippen molar-refractivity contribution in [2.45, 2.75) is 19.9 Å². The van der Waals surface area contributed by atoms with Crippen molar-refractivity contribution < 1.29 is 9.72 Å². The lowest BCUT2D eigenvalue weighted by Crippen LogP contribution is -2.32. The summed E-state index contributed by atoms with van der Waals surface area (Å²) in [7, 11) is 0. The maximum atomic E-state index is 12.2. The van der Waals surface area contributed by atoms with Crippen LogP contribution in [0, 0.1) is 17.0 Å². The van der Waals surface area contributed by atoms with E-state index in [1.807, 2.05) is 13.0 Å². The number of benzene rings is 2. The maximum absolute atomic E-state index is 12.2. The van der Waals surface area contributed by atoms with E-state index < -0.39 is 11.0 Å². The lowest BCUT2D eigenvalue weighted by molar-refractivity contribution is -0.384. The number of rotatable bonds is 5. The molecule has 0 bridgehead atoms. The summed E-state index contributed by atoms with van der Waals surface area (Å²) in [4.78, 5) is 22.5. The number of nitrogens with zero attached hydrogens (tertiary/aromatic N) is 1. The minimum Gasteiger partial charge on any atom is -0.374 e. The summed E-state index contributed by atoms with van der Waals surface area (Å²) >= 11 is 5.93. The number of carbonyl (C=O) groups excluding carboxylic acids is 1. The molecule has 0 radical (unpaired) electrons. The molecule has 7 heteroatoms. The summed E-state index contributed by atoms with van der Waals surface area (Å²) in [5, 5.41) is 17.0. The van der Waals surface area contributed by atoms with Crippen molar-refractivity contribution in [3.8, 4) is 0 Å². The lowest BCUT2D eigenvalue weighted by Gasteiger charge is -2.16. The molecule has 0 unspecified atom stereocenters. The van der Waals surface area contributed by atoms with E-state index in [0.717, 1.165) is 5.56 Å². The molecule has 2 aromatic rings. The van der Waals surface area contributed by atoms with E-state index >= 15 is 0 Å². The fourth-order valence-corrected chi connectivity index (χ4v) is 2.17. The average molecular weight is 334 g/mol. The van der Waals surface area contributed by atoms with Crippen molar-refractivity contribution in [3.63, 3.8) is 0 Å². The number of carbonyl (C=O) groups is 1. The standard InChI is InChI=1S/C16H16ClN3O3/c1-10-6-7-12(17)8-15(10)19-16(21)11(2)18-13-4-3-5-14(9-13)20(22)23/h3-9,11,18H,1-2H3,(H,19,21)/t11-/m1/s1. The van der Waals surface area contributed by atoms with Crippen molar-refractivity contribution in [1.29, 1.82) is 0 Å². The van der Waals surface area contributed by atoms with Crippen LogP contribution in [0.1, 0.15) is 12.5 Å². The van der Waals surface area contributed by atoms with Crippen LogP contribution in [-0.2, 0) is 4.79 Å². The van der Waals surface area contributed by atoms with Crippen LogP contribution in [0.15, 0.2) is 42.5 Å². The van der Waals surface area contributed by atoms with Gasteiger partial charge in [0.15, 0.2) is 0 Å². The molecular formula is C16H16ClN3O3. The molecule has 0 aliphatic rings. The van der Waals surface area contributed by atoms with Gasteiger partial charge in [0.25, 0.3) is 5.69 Å². The van der Waals surface area contributed by atoms with E-state index in [1.54, 1.807) is 31.2 Å². The molecule has 6 nitrogen and oxygen atoms in total. The monoisotopic (exact) mass is 333 g/mol. The van der Waals surface area contributed by atoms with Crippen LogP contribution < -0.4 is 10.6 Å². The van der Waals surface area contributed by atoms with Crippen LogP contribution in [0.5, 0.6) is 0 Å². The number of non-ortho nitro benzene ring substituents is 1. The second kappa shape index (κ2) is 7.11. The van der Waals surface area contributed by atoms with Gasteiger partial charge in [0.2, 0.25) is 5.91 Å². The molecule has 2 N–H and O–H groups in total. The number of aryl methyl sites for hydroxylation is 1. The molecule has 1 amide bonds. The van der Waals surface area contributed by atoms with Gasteiger partial charge in [0, 0.05) is 28.5 Å². The molecule has 0 saturated carbocycles. The van der Waals surface area contributed by atoms with Crippen molar-refractivity contribution in [2.75, 3.05) is 10.6 Å². The minimum atomic E-state index is -0.574. The summed E-state index contributed by atoms with van der Waals surface area (Å²) in [6, 6.07) is 10.7. The molecule has 0 spiro atoms. The Bertz CT molecular complexity index is 749. The number of halogens is 1. The molecule has 0 heterocycles. The first kappa shape index (κ1) is 16.8. The summed E-state index contributed by atoms with van der Waals surface area (Å²) < 4.78 is 0. The zero-order chi connectivity index (χ0) is 17.0. The molecule has 23 heavy (non-hydrogen) atoms. The lowest BCUT2D eigenvalue weighted by atomic mass is 10.2. The van der Waals surface area contributed by atoms with Crippen molar-refractivity contribution in [3.05, 3.63) is 63.2 Å². The Kier molecular flexibility index (Phi) is 5.18. The Hall–Kier alpha value is -2.60. The quantitative estimate of drug-likeness (QED) is 0.640. The van der Waals surface area contributed by atoms with E-state index in [-0.39, 0.29) is 11.6 Å². The van der Waals surface area contributed by atoms with Crippen molar-refractivity contribution >= 4 is 34.6 Å². The highest BCUT2D eigenvalue weighted by Gasteiger charge is 2.15. The van der Waals surface area contributed by atoms with Gasteiger partial charge in [-0.1, -0.05) is 23.7 Å². The smallest absolute Gasteiger partial charge is 0.271 e. The molecule has 0 aliphatic carbocycles. The van der Waals surface area contributed by atoms with E-state index in [2.05, 4.69) is 10.6 Å². The van der Waals surface area contributed by atoms with Crippen molar-refractivity contribution in [1.82, 2.24) is 0 Å². The first-order valence-corrected chi connectivity index (χ1v) is 7.32. The van der Waals surface area contributed by atoms with Gasteiger partial charge in [-0.3, -0.25) is 14.9 Å². The zero-order valence-electron chi connectivity index (χ0n) is 12.7. The first-order chi connectivity index (χ1) is 10.9. The van der Waals surface area contributed by atoms with E-state index in [4.69, 9.17) is 11.6 Å². The zero-order valence-corrected chi connectivity index (χ0v) is 13.4. The number of hydrogen-bond acceptors (Lipinski definition) is 4. The summed E-state index contributed by atoms with van der Waals surface area (Å²) in [6.07, 6.45) is 0. The molecule has 0 aromatic heterocycles. The predicted molar refractivity (Wildman–Crippen MR) is 91.0 cm³/mol. The van der Waals surface area contributed by atoms with Gasteiger partial charge in [0.05, 0.1) is 4.92 Å². The minimum absolute atomic E-state index is 0.0340. The molecule has 0 fully saturated rings. The Labute approximate surface area is 138 Å². The maximum Gasteiger partial charge on any atom is 0.271 e. The van der Waals surface area contributed by atoms with E-state index in [9.17, 15) is 14.9 Å². The molecule has 1 atom stereocenters. The summed E-state index contributed by atoms with van der Waals surface area (Å²) in [5.41, 5.74) is 2.00. The summed E-state index contributed by atoms with van der Waals surface area (Å²) in [6.45, 7) is 3.54. The van der Waals surface area contributed by atoms with Crippen LogP contribution in [0.4, 0.5) is 17.1 Å². The molecular weight excluding hydrogens is 318 g/mol. The molecule has 2 rings (SSSR count). The van der Waals surface area contributed by atoms with Gasteiger partial charge >= 0.3 is 0 Å². The SMILES string of the molecule is Cc1ccc(Cl)cc1NC(=O)[C@@H](C)Nc1cccc([N+](=O)[O-])c1. The van der Waals surface area contributed by atoms with Crippen LogP contribution in [-0.4, -0.2) is 16.9 Å². The number of amides is 1. The molecule has 0 aliphatic heterocycles. The van der Waals surface area contributed by atoms with Crippen LogP contribution >= 0.6 is 11.6 Å². The topological polar surface area (TPSA) is 84.3 Å². The number of nitrogens with one attached hydrogen (secondary N) is 2. The van der Waals surface area contributed by atoms with E-state index in [1.165, 1.54) is 12.1 Å². The van der Waals surface area contributed by atoms with Gasteiger partial charge in [-0.25, -0.2) is 0 Å². The number of hydrogen-bond donors (Lipinski definition) is 2. The Morgan fingerprint density at radius 2 is 2.00 bits per heavy atom. The van der Waals surface area contributed by atoms with Gasteiger partial charge in [-0.05, 0) is 37.6 Å². The van der Waals surface area contributed by atoms with Gasteiger partial charge in [-0.15, -0.1) is 0 Å². The van der Waals surface area contributed by atoms with E-state index in [0.29, 0.717) is 16.4 Å². The third-order valence-electron chi connectivity index (χ3n) is 3.29. The Morgan fingerprint density at radius 1 is 1.26 bits per heavy atom. The average Bonchev–Trinajstić information content (AvgIpc) is 2.51. The molecule has 2 aromatic carbocycles. The predicted octanol–water partition coefficient (Wildman–Crippen LogP) is 4.00. The Balaban J connectivity index is 2.07. The fraction of sp³-hybridized carbons (Fsp3) is 0.188. The van der Waals surface area contributed by atoms with Gasteiger partial charge in [-0.2, -0.15) is 0 Å². The molecule has 120 valence electrons. The van der Waals surface area contributed by atoms with Gasteiger partial charge < -0.3 is 10.6 Å². The highest BCUT2D eigenvalue weighted by molar-refractivity contribution is 6.31. The van der Waals surface area contributed by atoms with Crippen LogP contribution in [0.25, 0.3) is 0 Å². The largest absolute Gasteiger partial charge is 0.374 e. The number of nitro groups is 1. The number of anilines is 2. The normalized spacial score (nSPS) is 11.6.